The standard InChI is InChI=1S/C10H19NO3/c1-2-9(3-5-12)11-10(13)8-4-6-14-7-8/h8-9,12H,2-7H2,1H3,(H,11,13). The predicted molar refractivity (Wildman–Crippen MR) is 52.9 cm³/mol. The van der Waals surface area contributed by atoms with E-state index in [1.165, 1.54) is 0 Å². The van der Waals surface area contributed by atoms with Gasteiger partial charge in [0.15, 0.2) is 0 Å². The van der Waals surface area contributed by atoms with Crippen LogP contribution in [0.15, 0.2) is 0 Å². The first-order chi connectivity index (χ1) is 6.77. The van der Waals surface area contributed by atoms with Crippen LogP contribution in [0.25, 0.3) is 0 Å². The van der Waals surface area contributed by atoms with Gasteiger partial charge in [0.2, 0.25) is 5.91 Å². The highest BCUT2D eigenvalue weighted by molar-refractivity contribution is 5.79. The number of amides is 1. The molecule has 1 aliphatic heterocycles. The molecule has 1 fully saturated rings. The van der Waals surface area contributed by atoms with Gasteiger partial charge in [0.1, 0.15) is 0 Å². The lowest BCUT2D eigenvalue weighted by molar-refractivity contribution is -0.125. The number of carbonyl (C=O) groups is 1. The Kier molecular flexibility index (Phi) is 4.90. The summed E-state index contributed by atoms with van der Waals surface area (Å²) in [4.78, 5) is 11.6. The van der Waals surface area contributed by atoms with Gasteiger partial charge in [-0.05, 0) is 19.3 Å². The minimum Gasteiger partial charge on any atom is -0.396 e. The average Bonchev–Trinajstić information content (AvgIpc) is 2.69. The third-order valence-corrected chi connectivity index (χ3v) is 2.62. The second-order valence-electron chi connectivity index (χ2n) is 3.69. The molecule has 1 amide bonds. The van der Waals surface area contributed by atoms with Crippen LogP contribution < -0.4 is 5.32 Å². The molecule has 2 N–H and O–H groups in total. The highest BCUT2D eigenvalue weighted by Gasteiger charge is 2.24. The minimum absolute atomic E-state index is 0.0164. The van der Waals surface area contributed by atoms with Crippen molar-refractivity contribution in [2.24, 2.45) is 5.92 Å². The molecule has 4 heteroatoms. The third-order valence-electron chi connectivity index (χ3n) is 2.62. The van der Waals surface area contributed by atoms with Gasteiger partial charge >= 0.3 is 0 Å². The summed E-state index contributed by atoms with van der Waals surface area (Å²) in [5.74, 6) is 0.0885. The normalized spacial score (nSPS) is 23.4. The van der Waals surface area contributed by atoms with Crippen LogP contribution in [-0.4, -0.2) is 36.9 Å². The van der Waals surface area contributed by atoms with E-state index in [0.717, 1.165) is 12.8 Å². The van der Waals surface area contributed by atoms with Crippen molar-refractivity contribution in [3.8, 4) is 0 Å². The van der Waals surface area contributed by atoms with Crippen LogP contribution in [0.2, 0.25) is 0 Å². The zero-order valence-electron chi connectivity index (χ0n) is 8.66. The van der Waals surface area contributed by atoms with Crippen molar-refractivity contribution in [2.45, 2.75) is 32.2 Å². The Morgan fingerprint density at radius 3 is 3.00 bits per heavy atom. The van der Waals surface area contributed by atoms with Crippen LogP contribution in [0.1, 0.15) is 26.2 Å². The molecule has 1 aliphatic rings. The number of aliphatic hydroxyl groups excluding tert-OH is 1. The van der Waals surface area contributed by atoms with Crippen LogP contribution in [0.4, 0.5) is 0 Å². The van der Waals surface area contributed by atoms with Gasteiger partial charge in [-0.15, -0.1) is 0 Å². The van der Waals surface area contributed by atoms with Gasteiger partial charge in [-0.3, -0.25) is 4.79 Å². The number of ether oxygens (including phenoxy) is 1. The fourth-order valence-corrected chi connectivity index (χ4v) is 1.59. The SMILES string of the molecule is CCC(CCO)NC(=O)C1CCOC1. The molecule has 1 heterocycles. The van der Waals surface area contributed by atoms with Crippen LogP contribution in [0, 0.1) is 5.92 Å². The number of rotatable bonds is 5. The molecule has 82 valence electrons. The largest absolute Gasteiger partial charge is 0.396 e. The quantitative estimate of drug-likeness (QED) is 0.672. The summed E-state index contributed by atoms with van der Waals surface area (Å²) >= 11 is 0. The lowest BCUT2D eigenvalue weighted by atomic mass is 10.1. The Hall–Kier alpha value is -0.610. The lowest BCUT2D eigenvalue weighted by Gasteiger charge is -2.17. The fraction of sp³-hybridized carbons (Fsp3) is 0.900. The van der Waals surface area contributed by atoms with Crippen molar-refractivity contribution in [1.82, 2.24) is 5.32 Å². The first kappa shape index (κ1) is 11.5. The second-order valence-corrected chi connectivity index (χ2v) is 3.69. The zero-order chi connectivity index (χ0) is 10.4. The highest BCUT2D eigenvalue weighted by atomic mass is 16.5. The number of hydrogen-bond donors (Lipinski definition) is 2. The first-order valence-corrected chi connectivity index (χ1v) is 5.27. The van der Waals surface area contributed by atoms with Crippen molar-refractivity contribution in [2.75, 3.05) is 19.8 Å². The molecule has 0 bridgehead atoms. The minimum atomic E-state index is 0.0164. The van der Waals surface area contributed by atoms with Gasteiger partial charge in [0.05, 0.1) is 12.5 Å². The van der Waals surface area contributed by atoms with E-state index in [9.17, 15) is 4.79 Å². The fourth-order valence-electron chi connectivity index (χ4n) is 1.59. The van der Waals surface area contributed by atoms with Crippen LogP contribution in [0.5, 0.6) is 0 Å². The van der Waals surface area contributed by atoms with Crippen molar-refractivity contribution in [3.05, 3.63) is 0 Å². The summed E-state index contributed by atoms with van der Waals surface area (Å²) in [7, 11) is 0. The van der Waals surface area contributed by atoms with Gasteiger partial charge in [0.25, 0.3) is 0 Å². The maximum Gasteiger partial charge on any atom is 0.225 e. The molecule has 14 heavy (non-hydrogen) atoms. The van der Waals surface area contributed by atoms with Crippen LogP contribution in [-0.2, 0) is 9.53 Å². The molecular weight excluding hydrogens is 182 g/mol. The van der Waals surface area contributed by atoms with Crippen LogP contribution in [0.3, 0.4) is 0 Å². The molecule has 0 radical (unpaired) electrons. The molecule has 1 rings (SSSR count). The van der Waals surface area contributed by atoms with E-state index < -0.39 is 0 Å². The molecule has 1 saturated heterocycles. The molecule has 0 saturated carbocycles. The number of nitrogens with one attached hydrogen (secondary N) is 1. The summed E-state index contributed by atoms with van der Waals surface area (Å²) in [5.41, 5.74) is 0. The van der Waals surface area contributed by atoms with Crippen molar-refractivity contribution in [3.63, 3.8) is 0 Å². The van der Waals surface area contributed by atoms with Crippen molar-refractivity contribution >= 4 is 5.91 Å². The summed E-state index contributed by atoms with van der Waals surface area (Å²) < 4.78 is 5.14. The monoisotopic (exact) mass is 201 g/mol. The van der Waals surface area contributed by atoms with E-state index >= 15 is 0 Å². The van der Waals surface area contributed by atoms with Gasteiger partial charge in [-0.1, -0.05) is 6.92 Å². The molecule has 0 spiro atoms. The second kappa shape index (κ2) is 5.98. The van der Waals surface area contributed by atoms with Gasteiger partial charge in [-0.2, -0.15) is 0 Å². The third kappa shape index (κ3) is 3.27. The highest BCUT2D eigenvalue weighted by Crippen LogP contribution is 2.12. The Labute approximate surface area is 84.6 Å². The molecule has 2 unspecified atom stereocenters. The summed E-state index contributed by atoms with van der Waals surface area (Å²) in [6, 6.07) is 0.105. The van der Waals surface area contributed by atoms with E-state index in [1.807, 2.05) is 6.92 Å². The zero-order valence-corrected chi connectivity index (χ0v) is 8.66. The molecular formula is C10H19NO3. The van der Waals surface area contributed by atoms with E-state index in [1.54, 1.807) is 0 Å². The number of carbonyl (C=O) groups excluding carboxylic acids is 1. The first-order valence-electron chi connectivity index (χ1n) is 5.27. The summed E-state index contributed by atoms with van der Waals surface area (Å²) in [5, 5.41) is 11.7. The molecule has 2 atom stereocenters. The Balaban J connectivity index is 2.29. The smallest absolute Gasteiger partial charge is 0.225 e. The van der Waals surface area contributed by atoms with Crippen molar-refractivity contribution < 1.29 is 14.6 Å². The Bertz CT molecular complexity index is 178. The predicted octanol–water partition coefficient (Wildman–Crippen LogP) is 0.300. The molecule has 4 nitrogen and oxygen atoms in total. The molecule has 0 aromatic rings. The van der Waals surface area contributed by atoms with E-state index in [-0.39, 0.29) is 24.5 Å². The topological polar surface area (TPSA) is 58.6 Å². The average molecular weight is 201 g/mol. The number of hydrogen-bond acceptors (Lipinski definition) is 3. The van der Waals surface area contributed by atoms with E-state index in [2.05, 4.69) is 5.32 Å². The summed E-state index contributed by atoms with van der Waals surface area (Å²) in [6.07, 6.45) is 2.32. The Morgan fingerprint density at radius 1 is 1.71 bits per heavy atom. The van der Waals surface area contributed by atoms with Gasteiger partial charge in [-0.25, -0.2) is 0 Å². The van der Waals surface area contributed by atoms with E-state index in [4.69, 9.17) is 9.84 Å². The van der Waals surface area contributed by atoms with Crippen molar-refractivity contribution in [1.29, 1.82) is 0 Å². The van der Waals surface area contributed by atoms with Gasteiger partial charge < -0.3 is 15.2 Å². The number of aliphatic hydroxyl groups is 1. The van der Waals surface area contributed by atoms with Crippen LogP contribution >= 0.6 is 0 Å². The van der Waals surface area contributed by atoms with Gasteiger partial charge in [0, 0.05) is 19.3 Å². The maximum absolute atomic E-state index is 11.6. The van der Waals surface area contributed by atoms with E-state index in [0.29, 0.717) is 19.6 Å². The molecule has 0 aromatic heterocycles. The molecule has 0 aromatic carbocycles. The molecule has 0 aliphatic carbocycles. The maximum atomic E-state index is 11.6. The lowest BCUT2D eigenvalue weighted by Crippen LogP contribution is -2.39. The Morgan fingerprint density at radius 2 is 2.50 bits per heavy atom. The summed E-state index contributed by atoms with van der Waals surface area (Å²) in [6.45, 7) is 3.36.